The highest BCUT2D eigenvalue weighted by atomic mass is 32.1. The number of aromatic nitrogens is 5. The van der Waals surface area contributed by atoms with Gasteiger partial charge in [-0.3, -0.25) is 0 Å². The van der Waals surface area contributed by atoms with Crippen molar-refractivity contribution in [1.82, 2.24) is 24.9 Å². The van der Waals surface area contributed by atoms with Gasteiger partial charge >= 0.3 is 0 Å². The molecule has 10 aromatic rings. The summed E-state index contributed by atoms with van der Waals surface area (Å²) in [4.78, 5) is 25.3. The molecule has 0 aliphatic heterocycles. The van der Waals surface area contributed by atoms with E-state index in [1.54, 1.807) is 11.3 Å². The highest BCUT2D eigenvalue weighted by Gasteiger charge is 2.23. The van der Waals surface area contributed by atoms with Gasteiger partial charge in [0.05, 0.1) is 33.1 Å². The van der Waals surface area contributed by atoms with Crippen LogP contribution in [-0.4, -0.2) is 24.9 Å². The Morgan fingerprint density at radius 2 is 1.10 bits per heavy atom. The van der Waals surface area contributed by atoms with E-state index < -0.39 is 0 Å². The van der Waals surface area contributed by atoms with E-state index in [0.717, 1.165) is 64.6 Å². The Bertz CT molecular complexity index is 2980. The lowest BCUT2D eigenvalue weighted by Crippen LogP contribution is -2.00. The van der Waals surface area contributed by atoms with Crippen LogP contribution in [0.3, 0.4) is 0 Å². The van der Waals surface area contributed by atoms with Crippen LogP contribution in [0.25, 0.3) is 99.1 Å². The quantitative estimate of drug-likeness (QED) is 0.178. The number of hydrogen-bond acceptors (Lipinski definition) is 8. The lowest BCUT2D eigenvalue weighted by atomic mass is 10.0. The molecule has 0 amide bonds. The molecule has 8 heteroatoms. The molecule has 0 aliphatic carbocycles. The van der Waals surface area contributed by atoms with E-state index in [1.165, 1.54) is 0 Å². The molecule has 0 unspecified atom stereocenters. The molecule has 0 radical (unpaired) electrons. The van der Waals surface area contributed by atoms with Crippen LogP contribution in [-0.2, 0) is 0 Å². The fourth-order valence-electron chi connectivity index (χ4n) is 6.82. The summed E-state index contributed by atoms with van der Waals surface area (Å²) < 4.78 is 8.74. The zero-order valence-corrected chi connectivity index (χ0v) is 28.2. The third-order valence-corrected chi connectivity index (χ3v) is 10.4. The standard InChI is InChI=1S/C44H24N6OS/c45-25-28-17-7-8-18-29(28)37-40-38(30-19-9-10-24-35(30)52-40)47-44(46-37)33-22-11-20-31-36-32(21-12-23-34(36)51-39(31)33)43-49-41(26-13-3-1-4-14-26)48-42(50-43)27-15-5-2-6-16-27/h1-24H. The summed E-state index contributed by atoms with van der Waals surface area (Å²) in [6.45, 7) is 0. The zero-order chi connectivity index (χ0) is 34.6. The Hall–Kier alpha value is -7.08. The van der Waals surface area contributed by atoms with Gasteiger partial charge in [-0.25, -0.2) is 24.9 Å². The second-order valence-electron chi connectivity index (χ2n) is 12.3. The van der Waals surface area contributed by atoms with Gasteiger partial charge < -0.3 is 4.42 Å². The van der Waals surface area contributed by atoms with Crippen molar-refractivity contribution >= 4 is 53.6 Å². The summed E-state index contributed by atoms with van der Waals surface area (Å²) in [5.41, 5.74) is 7.61. The van der Waals surface area contributed by atoms with Gasteiger partial charge in [0.15, 0.2) is 23.3 Å². The van der Waals surface area contributed by atoms with Crippen molar-refractivity contribution < 1.29 is 4.42 Å². The Balaban J connectivity index is 1.22. The average molecular weight is 685 g/mol. The van der Waals surface area contributed by atoms with E-state index in [4.69, 9.17) is 29.3 Å². The van der Waals surface area contributed by atoms with Gasteiger partial charge in [-0.2, -0.15) is 5.26 Å². The van der Waals surface area contributed by atoms with E-state index in [0.29, 0.717) is 40.0 Å². The van der Waals surface area contributed by atoms with Crippen LogP contribution in [0.1, 0.15) is 5.56 Å². The molecule has 10 rings (SSSR count). The first-order valence-corrected chi connectivity index (χ1v) is 17.6. The number of nitriles is 1. The van der Waals surface area contributed by atoms with Gasteiger partial charge in [-0.15, -0.1) is 11.3 Å². The maximum atomic E-state index is 10.1. The predicted molar refractivity (Wildman–Crippen MR) is 207 cm³/mol. The molecule has 0 spiro atoms. The fourth-order valence-corrected chi connectivity index (χ4v) is 7.97. The average Bonchev–Trinajstić information content (AvgIpc) is 3.80. The van der Waals surface area contributed by atoms with Crippen molar-refractivity contribution in [2.75, 3.05) is 0 Å². The second-order valence-corrected chi connectivity index (χ2v) is 13.4. The number of furan rings is 1. The van der Waals surface area contributed by atoms with Crippen molar-refractivity contribution in [3.63, 3.8) is 0 Å². The van der Waals surface area contributed by atoms with Crippen LogP contribution in [0, 0.1) is 11.3 Å². The first-order valence-electron chi connectivity index (χ1n) is 16.7. The maximum absolute atomic E-state index is 10.1. The monoisotopic (exact) mass is 684 g/mol. The zero-order valence-electron chi connectivity index (χ0n) is 27.4. The fraction of sp³-hybridized carbons (Fsp3) is 0. The molecule has 4 aromatic heterocycles. The largest absolute Gasteiger partial charge is 0.455 e. The molecule has 7 nitrogen and oxygen atoms in total. The molecule has 0 aliphatic rings. The van der Waals surface area contributed by atoms with E-state index in [9.17, 15) is 5.26 Å². The molecule has 52 heavy (non-hydrogen) atoms. The minimum atomic E-state index is 0.517. The van der Waals surface area contributed by atoms with Gasteiger partial charge in [0.1, 0.15) is 11.2 Å². The molecular weight excluding hydrogens is 661 g/mol. The maximum Gasteiger partial charge on any atom is 0.164 e. The predicted octanol–water partition coefficient (Wildman–Crippen LogP) is 11.1. The topological polar surface area (TPSA) is 101 Å². The van der Waals surface area contributed by atoms with E-state index in [1.807, 2.05) is 127 Å². The summed E-state index contributed by atoms with van der Waals surface area (Å²) >= 11 is 1.64. The summed E-state index contributed by atoms with van der Waals surface area (Å²) in [5.74, 6) is 2.24. The Morgan fingerprint density at radius 1 is 0.500 bits per heavy atom. The van der Waals surface area contributed by atoms with Crippen molar-refractivity contribution in [3.05, 3.63) is 151 Å². The van der Waals surface area contributed by atoms with Gasteiger partial charge in [0.25, 0.3) is 0 Å². The van der Waals surface area contributed by atoms with Crippen molar-refractivity contribution in [2.45, 2.75) is 0 Å². The normalized spacial score (nSPS) is 11.4. The smallest absolute Gasteiger partial charge is 0.164 e. The van der Waals surface area contributed by atoms with Crippen LogP contribution >= 0.6 is 11.3 Å². The number of hydrogen-bond donors (Lipinski definition) is 0. The first-order chi connectivity index (χ1) is 25.7. The van der Waals surface area contributed by atoms with Gasteiger partial charge in [0, 0.05) is 43.1 Å². The van der Waals surface area contributed by atoms with Crippen LogP contribution in [0.15, 0.2) is 150 Å². The van der Waals surface area contributed by atoms with Gasteiger partial charge in [-0.1, -0.05) is 121 Å². The molecular formula is C44H24N6OS. The van der Waals surface area contributed by atoms with E-state index >= 15 is 0 Å². The molecule has 0 fully saturated rings. The third-order valence-electron chi connectivity index (χ3n) is 9.23. The summed E-state index contributed by atoms with van der Waals surface area (Å²) in [6.07, 6.45) is 0. The molecule has 0 atom stereocenters. The highest BCUT2D eigenvalue weighted by Crippen LogP contribution is 2.43. The number of para-hydroxylation sites is 1. The Kier molecular flexibility index (Phi) is 6.91. The number of benzene rings is 6. The molecule has 242 valence electrons. The van der Waals surface area contributed by atoms with Crippen LogP contribution in [0.2, 0.25) is 0 Å². The summed E-state index contributed by atoms with van der Waals surface area (Å²) in [6, 6.07) is 50.1. The Labute approximate surface area is 301 Å². The van der Waals surface area contributed by atoms with Crippen LogP contribution < -0.4 is 0 Å². The lowest BCUT2D eigenvalue weighted by molar-refractivity contribution is 0.669. The number of rotatable bonds is 5. The third kappa shape index (κ3) is 4.83. The van der Waals surface area contributed by atoms with Gasteiger partial charge in [0.2, 0.25) is 0 Å². The number of thiophene rings is 1. The van der Waals surface area contributed by atoms with E-state index in [-0.39, 0.29) is 0 Å². The number of fused-ring (bicyclic) bond motifs is 6. The van der Waals surface area contributed by atoms with Crippen molar-refractivity contribution in [1.29, 1.82) is 5.26 Å². The van der Waals surface area contributed by atoms with Crippen molar-refractivity contribution in [3.8, 4) is 62.9 Å². The number of nitrogens with zero attached hydrogens (tertiary/aromatic N) is 6. The Morgan fingerprint density at radius 3 is 1.87 bits per heavy atom. The molecule has 0 saturated carbocycles. The molecule has 6 aromatic carbocycles. The van der Waals surface area contributed by atoms with Gasteiger partial charge in [-0.05, 0) is 24.3 Å². The first kappa shape index (κ1) is 29.8. The minimum absolute atomic E-state index is 0.517. The highest BCUT2D eigenvalue weighted by molar-refractivity contribution is 7.26. The lowest BCUT2D eigenvalue weighted by Gasteiger charge is -2.09. The molecule has 0 saturated heterocycles. The minimum Gasteiger partial charge on any atom is -0.455 e. The summed E-state index contributed by atoms with van der Waals surface area (Å²) in [5, 5.41) is 12.9. The second kappa shape index (κ2) is 12.1. The van der Waals surface area contributed by atoms with Crippen molar-refractivity contribution in [2.24, 2.45) is 0 Å². The van der Waals surface area contributed by atoms with Crippen LogP contribution in [0.4, 0.5) is 0 Å². The molecule has 0 N–H and O–H groups in total. The SMILES string of the molecule is N#Cc1ccccc1-c1nc(-c2cccc3c2oc2cccc(-c4nc(-c5ccccc5)nc(-c5ccccc5)n4)c23)nc2c1sc1ccccc12. The van der Waals surface area contributed by atoms with Crippen LogP contribution in [0.5, 0.6) is 0 Å². The summed E-state index contributed by atoms with van der Waals surface area (Å²) in [7, 11) is 0. The molecule has 4 heterocycles. The van der Waals surface area contributed by atoms with E-state index in [2.05, 4.69) is 24.3 Å². The molecule has 0 bridgehead atoms.